The molecule has 1 fully saturated rings. The summed E-state index contributed by atoms with van der Waals surface area (Å²) in [6, 6.07) is 18.1. The van der Waals surface area contributed by atoms with E-state index < -0.39 is 18.6 Å². The first kappa shape index (κ1) is 19.1. The lowest BCUT2D eigenvalue weighted by Crippen LogP contribution is -2.52. The SMILES string of the molecule is O=C(N[C@@H](CO)C(=O)NC1CCCC1)C(c1ccccc1)c1ccccc1. The Balaban J connectivity index is 1.76. The smallest absolute Gasteiger partial charge is 0.245 e. The van der Waals surface area contributed by atoms with Gasteiger partial charge in [-0.1, -0.05) is 73.5 Å². The van der Waals surface area contributed by atoms with Gasteiger partial charge in [-0.05, 0) is 24.0 Å². The third-order valence-electron chi connectivity index (χ3n) is 5.05. The number of carbonyl (C=O) groups excluding carboxylic acids is 2. The number of amides is 2. The van der Waals surface area contributed by atoms with Gasteiger partial charge in [0.2, 0.25) is 11.8 Å². The van der Waals surface area contributed by atoms with Crippen molar-refractivity contribution in [2.24, 2.45) is 0 Å². The van der Waals surface area contributed by atoms with Crippen LogP contribution < -0.4 is 10.6 Å². The lowest BCUT2D eigenvalue weighted by atomic mass is 9.90. The third kappa shape index (κ3) is 4.95. The van der Waals surface area contributed by atoms with Gasteiger partial charge in [0.05, 0.1) is 12.5 Å². The summed E-state index contributed by atoms with van der Waals surface area (Å²) in [6.07, 6.45) is 4.11. The minimum Gasteiger partial charge on any atom is -0.394 e. The molecule has 3 N–H and O–H groups in total. The number of nitrogens with one attached hydrogen (secondary N) is 2. The van der Waals surface area contributed by atoms with Crippen LogP contribution in [0.15, 0.2) is 60.7 Å². The van der Waals surface area contributed by atoms with Gasteiger partial charge in [0, 0.05) is 6.04 Å². The van der Waals surface area contributed by atoms with Gasteiger partial charge in [0.15, 0.2) is 0 Å². The number of hydrogen-bond donors (Lipinski definition) is 3. The van der Waals surface area contributed by atoms with E-state index >= 15 is 0 Å². The molecule has 0 spiro atoms. The molecule has 0 unspecified atom stereocenters. The summed E-state index contributed by atoms with van der Waals surface area (Å²) in [5, 5.41) is 15.3. The monoisotopic (exact) mass is 366 g/mol. The fourth-order valence-corrected chi connectivity index (χ4v) is 3.61. The molecule has 1 saturated carbocycles. The number of hydrogen-bond acceptors (Lipinski definition) is 3. The summed E-state index contributed by atoms with van der Waals surface area (Å²) in [7, 11) is 0. The second-order valence-electron chi connectivity index (χ2n) is 6.99. The van der Waals surface area contributed by atoms with E-state index in [1.165, 1.54) is 0 Å². The van der Waals surface area contributed by atoms with Gasteiger partial charge in [0.25, 0.3) is 0 Å². The maximum absolute atomic E-state index is 13.1. The van der Waals surface area contributed by atoms with E-state index in [4.69, 9.17) is 0 Å². The number of carbonyl (C=O) groups is 2. The average molecular weight is 366 g/mol. The number of rotatable bonds is 7. The lowest BCUT2D eigenvalue weighted by Gasteiger charge is -2.23. The summed E-state index contributed by atoms with van der Waals surface area (Å²) in [5.74, 6) is -1.16. The van der Waals surface area contributed by atoms with Crippen LogP contribution in [0, 0.1) is 0 Å². The van der Waals surface area contributed by atoms with E-state index in [1.807, 2.05) is 60.7 Å². The average Bonchev–Trinajstić information content (AvgIpc) is 3.21. The zero-order chi connectivity index (χ0) is 19.1. The summed E-state index contributed by atoms with van der Waals surface area (Å²) < 4.78 is 0. The van der Waals surface area contributed by atoms with Crippen LogP contribution in [0.25, 0.3) is 0 Å². The molecule has 1 aliphatic rings. The summed E-state index contributed by atoms with van der Waals surface area (Å²) >= 11 is 0. The van der Waals surface area contributed by atoms with Gasteiger partial charge in [0.1, 0.15) is 6.04 Å². The molecule has 1 aliphatic carbocycles. The molecule has 5 nitrogen and oxygen atoms in total. The van der Waals surface area contributed by atoms with Crippen molar-refractivity contribution >= 4 is 11.8 Å². The van der Waals surface area contributed by atoms with Gasteiger partial charge in [-0.3, -0.25) is 9.59 Å². The van der Waals surface area contributed by atoms with E-state index in [2.05, 4.69) is 10.6 Å². The third-order valence-corrected chi connectivity index (χ3v) is 5.05. The van der Waals surface area contributed by atoms with Gasteiger partial charge in [-0.15, -0.1) is 0 Å². The Morgan fingerprint density at radius 1 is 0.889 bits per heavy atom. The highest BCUT2D eigenvalue weighted by molar-refractivity contribution is 5.92. The second-order valence-corrected chi connectivity index (χ2v) is 6.99. The molecule has 0 heterocycles. The topological polar surface area (TPSA) is 78.4 Å². The highest BCUT2D eigenvalue weighted by Gasteiger charge is 2.28. The van der Waals surface area contributed by atoms with E-state index in [9.17, 15) is 14.7 Å². The molecular weight excluding hydrogens is 340 g/mol. The fraction of sp³-hybridized carbons (Fsp3) is 0.364. The first-order chi connectivity index (χ1) is 13.2. The maximum Gasteiger partial charge on any atom is 0.245 e. The zero-order valence-corrected chi connectivity index (χ0v) is 15.3. The molecule has 3 rings (SSSR count). The molecule has 0 radical (unpaired) electrons. The number of aliphatic hydroxyl groups is 1. The molecule has 142 valence electrons. The zero-order valence-electron chi connectivity index (χ0n) is 15.3. The predicted molar refractivity (Wildman–Crippen MR) is 104 cm³/mol. The molecule has 27 heavy (non-hydrogen) atoms. The van der Waals surface area contributed by atoms with Crippen molar-refractivity contribution < 1.29 is 14.7 Å². The van der Waals surface area contributed by atoms with Crippen LogP contribution in [-0.2, 0) is 9.59 Å². The van der Waals surface area contributed by atoms with Gasteiger partial charge in [-0.25, -0.2) is 0 Å². The molecule has 0 aliphatic heterocycles. The first-order valence-corrected chi connectivity index (χ1v) is 9.50. The van der Waals surface area contributed by atoms with Gasteiger partial charge in [-0.2, -0.15) is 0 Å². The minimum atomic E-state index is -0.951. The van der Waals surface area contributed by atoms with Gasteiger partial charge < -0.3 is 15.7 Å². The molecule has 0 saturated heterocycles. The molecule has 1 atom stereocenters. The van der Waals surface area contributed by atoms with Crippen LogP contribution >= 0.6 is 0 Å². The highest BCUT2D eigenvalue weighted by Crippen LogP contribution is 2.25. The van der Waals surface area contributed by atoms with Crippen LogP contribution in [0.4, 0.5) is 0 Å². The normalized spacial score (nSPS) is 15.5. The van der Waals surface area contributed by atoms with Crippen molar-refractivity contribution in [2.45, 2.75) is 43.7 Å². The van der Waals surface area contributed by atoms with Crippen LogP contribution in [-0.4, -0.2) is 35.6 Å². The Kier molecular flexibility index (Phi) is 6.60. The van der Waals surface area contributed by atoms with E-state index in [0.29, 0.717) is 0 Å². The molecule has 5 heteroatoms. The molecular formula is C22H26N2O3. The van der Waals surface area contributed by atoms with E-state index in [1.54, 1.807) is 0 Å². The van der Waals surface area contributed by atoms with Gasteiger partial charge >= 0.3 is 0 Å². The highest BCUT2D eigenvalue weighted by atomic mass is 16.3. The summed E-state index contributed by atoms with van der Waals surface area (Å²) in [5.41, 5.74) is 1.68. The molecule has 0 aromatic heterocycles. The van der Waals surface area contributed by atoms with Crippen molar-refractivity contribution in [3.8, 4) is 0 Å². The second kappa shape index (κ2) is 9.33. The van der Waals surface area contributed by atoms with E-state index in [0.717, 1.165) is 36.8 Å². The van der Waals surface area contributed by atoms with Crippen molar-refractivity contribution in [2.75, 3.05) is 6.61 Å². The fourth-order valence-electron chi connectivity index (χ4n) is 3.61. The largest absolute Gasteiger partial charge is 0.394 e. The summed E-state index contributed by atoms with van der Waals surface area (Å²) in [6.45, 7) is -0.430. The minimum absolute atomic E-state index is 0.141. The molecule has 2 aromatic rings. The Hall–Kier alpha value is -2.66. The van der Waals surface area contributed by atoms with Crippen LogP contribution in [0.1, 0.15) is 42.7 Å². The number of aliphatic hydroxyl groups excluding tert-OH is 1. The quantitative estimate of drug-likeness (QED) is 0.704. The summed E-state index contributed by atoms with van der Waals surface area (Å²) in [4.78, 5) is 25.5. The number of benzene rings is 2. The first-order valence-electron chi connectivity index (χ1n) is 9.50. The lowest BCUT2D eigenvalue weighted by molar-refractivity contribution is -0.130. The maximum atomic E-state index is 13.1. The Morgan fingerprint density at radius 3 is 1.89 bits per heavy atom. The predicted octanol–water partition coefficient (Wildman–Crippen LogP) is 2.35. The van der Waals surface area contributed by atoms with Crippen molar-refractivity contribution in [1.82, 2.24) is 10.6 Å². The van der Waals surface area contributed by atoms with Crippen LogP contribution in [0.5, 0.6) is 0 Å². The van der Waals surface area contributed by atoms with E-state index in [-0.39, 0.29) is 17.9 Å². The van der Waals surface area contributed by atoms with Crippen LogP contribution in [0.3, 0.4) is 0 Å². The molecule has 2 amide bonds. The van der Waals surface area contributed by atoms with Crippen LogP contribution in [0.2, 0.25) is 0 Å². The molecule has 0 bridgehead atoms. The van der Waals surface area contributed by atoms with Crippen molar-refractivity contribution in [3.05, 3.63) is 71.8 Å². The Labute approximate surface area is 159 Å². The Bertz CT molecular complexity index is 703. The van der Waals surface area contributed by atoms with Crippen molar-refractivity contribution in [1.29, 1.82) is 0 Å². The standard InChI is InChI=1S/C22H26N2O3/c25-15-19(21(26)23-18-13-7-8-14-18)24-22(27)20(16-9-3-1-4-10-16)17-11-5-2-6-12-17/h1-6,9-12,18-20,25H,7-8,13-15H2,(H,23,26)(H,24,27)/t19-/m0/s1. The van der Waals surface area contributed by atoms with Crippen molar-refractivity contribution in [3.63, 3.8) is 0 Å². The molecule has 2 aromatic carbocycles. The Morgan fingerprint density at radius 2 is 1.41 bits per heavy atom.